The maximum Gasteiger partial charge on any atom is 0.122 e. The largest absolute Gasteiger partial charge is 0.492 e. The SMILES string of the molecule is Cc1cc(CN2c3ccc(OCc4ccccc4)cc3CC2c2ccc(OCc3ccccc3)cc2)ccc1OCCN1CC2(C)CC1CC(C)(C)C2. The Hall–Kier alpha value is -4.74. The number of hydrogen-bond donors (Lipinski definition) is 0. The quantitative estimate of drug-likeness (QED) is 0.122. The lowest BCUT2D eigenvalue weighted by molar-refractivity contribution is 0.124. The van der Waals surface area contributed by atoms with Crippen molar-refractivity contribution in [2.45, 2.75) is 85.2 Å². The van der Waals surface area contributed by atoms with Crippen molar-refractivity contribution in [3.63, 3.8) is 0 Å². The van der Waals surface area contributed by atoms with E-state index in [9.17, 15) is 0 Å². The molecular formula is C48H54N2O3. The van der Waals surface area contributed by atoms with Crippen LogP contribution in [0, 0.1) is 17.8 Å². The Labute approximate surface area is 316 Å². The number of fused-ring (bicyclic) bond motifs is 3. The van der Waals surface area contributed by atoms with Gasteiger partial charge in [-0.05, 0) is 113 Å². The lowest BCUT2D eigenvalue weighted by Gasteiger charge is -2.39. The zero-order chi connectivity index (χ0) is 36.4. The lowest BCUT2D eigenvalue weighted by Crippen LogP contribution is -2.36. The third kappa shape index (κ3) is 8.26. The molecule has 274 valence electrons. The van der Waals surface area contributed by atoms with E-state index in [2.05, 4.69) is 135 Å². The van der Waals surface area contributed by atoms with Crippen molar-refractivity contribution in [2.75, 3.05) is 24.6 Å². The molecule has 53 heavy (non-hydrogen) atoms. The third-order valence-electron chi connectivity index (χ3n) is 11.7. The maximum atomic E-state index is 6.45. The van der Waals surface area contributed by atoms with Crippen LogP contribution < -0.4 is 19.1 Å². The molecule has 5 nitrogen and oxygen atoms in total. The minimum atomic E-state index is 0.195. The van der Waals surface area contributed by atoms with Crippen LogP contribution in [0.25, 0.3) is 0 Å². The van der Waals surface area contributed by atoms with Crippen molar-refractivity contribution in [3.05, 3.63) is 155 Å². The summed E-state index contributed by atoms with van der Waals surface area (Å²) in [5.74, 6) is 2.78. The molecule has 1 aliphatic carbocycles. The van der Waals surface area contributed by atoms with Gasteiger partial charge in [0.1, 0.15) is 37.1 Å². The highest BCUT2D eigenvalue weighted by Crippen LogP contribution is 2.52. The molecular weight excluding hydrogens is 653 g/mol. The van der Waals surface area contributed by atoms with Gasteiger partial charge in [-0.1, -0.05) is 106 Å². The highest BCUT2D eigenvalue weighted by molar-refractivity contribution is 5.63. The van der Waals surface area contributed by atoms with Gasteiger partial charge in [-0.15, -0.1) is 0 Å². The highest BCUT2D eigenvalue weighted by atomic mass is 16.5. The molecule has 3 unspecified atom stereocenters. The number of aryl methyl sites for hydroxylation is 1. The maximum absolute atomic E-state index is 6.45. The fraction of sp³-hybridized carbons (Fsp3) is 0.375. The summed E-state index contributed by atoms with van der Waals surface area (Å²) in [4.78, 5) is 5.25. The summed E-state index contributed by atoms with van der Waals surface area (Å²) in [6, 6.07) is 43.6. The number of anilines is 1. The van der Waals surface area contributed by atoms with E-state index in [-0.39, 0.29) is 6.04 Å². The van der Waals surface area contributed by atoms with Crippen LogP contribution in [0.5, 0.6) is 17.2 Å². The smallest absolute Gasteiger partial charge is 0.122 e. The van der Waals surface area contributed by atoms with E-state index in [4.69, 9.17) is 14.2 Å². The van der Waals surface area contributed by atoms with Gasteiger partial charge in [-0.2, -0.15) is 0 Å². The monoisotopic (exact) mass is 706 g/mol. The van der Waals surface area contributed by atoms with Crippen molar-refractivity contribution >= 4 is 5.69 Å². The normalized spacial score (nSPS) is 21.7. The molecule has 5 aromatic rings. The van der Waals surface area contributed by atoms with E-state index in [1.807, 2.05) is 24.3 Å². The Balaban J connectivity index is 0.961. The molecule has 0 aromatic heterocycles. The Morgan fingerprint density at radius 3 is 2.06 bits per heavy atom. The van der Waals surface area contributed by atoms with Gasteiger partial charge in [0.2, 0.25) is 0 Å². The van der Waals surface area contributed by atoms with Crippen molar-refractivity contribution in [1.82, 2.24) is 4.90 Å². The van der Waals surface area contributed by atoms with Crippen molar-refractivity contribution in [1.29, 1.82) is 0 Å². The zero-order valence-electron chi connectivity index (χ0n) is 31.9. The third-order valence-corrected chi connectivity index (χ3v) is 11.7. The number of benzene rings is 5. The molecule has 0 N–H and O–H groups in total. The molecule has 0 amide bonds. The van der Waals surface area contributed by atoms with E-state index < -0.39 is 0 Å². The molecule has 3 aliphatic rings. The van der Waals surface area contributed by atoms with Crippen LogP contribution in [0.1, 0.15) is 79.5 Å². The first-order valence-corrected chi connectivity index (χ1v) is 19.5. The van der Waals surface area contributed by atoms with Crippen molar-refractivity contribution in [3.8, 4) is 17.2 Å². The Bertz CT molecular complexity index is 1990. The number of rotatable bonds is 13. The second kappa shape index (κ2) is 14.9. The van der Waals surface area contributed by atoms with E-state index in [0.29, 0.717) is 30.1 Å². The van der Waals surface area contributed by atoms with E-state index in [1.54, 1.807) is 0 Å². The number of likely N-dealkylation sites (tertiary alicyclic amines) is 1. The van der Waals surface area contributed by atoms with Crippen LogP contribution in [-0.2, 0) is 26.2 Å². The first-order valence-electron chi connectivity index (χ1n) is 19.5. The molecule has 5 aromatic carbocycles. The Kier molecular flexibility index (Phi) is 9.95. The molecule has 8 rings (SSSR count). The van der Waals surface area contributed by atoms with Crippen LogP contribution in [0.15, 0.2) is 121 Å². The first kappa shape index (κ1) is 35.3. The van der Waals surface area contributed by atoms with Gasteiger partial charge >= 0.3 is 0 Å². The second-order valence-corrected chi connectivity index (χ2v) is 16.9. The summed E-state index contributed by atoms with van der Waals surface area (Å²) in [7, 11) is 0. The summed E-state index contributed by atoms with van der Waals surface area (Å²) in [6.07, 6.45) is 4.87. The van der Waals surface area contributed by atoms with Gasteiger partial charge in [0.25, 0.3) is 0 Å². The minimum absolute atomic E-state index is 0.195. The van der Waals surface area contributed by atoms with Crippen LogP contribution in [-0.4, -0.2) is 30.6 Å². The summed E-state index contributed by atoms with van der Waals surface area (Å²) < 4.78 is 18.9. The molecule has 2 heterocycles. The molecule has 2 bridgehead atoms. The van der Waals surface area contributed by atoms with Crippen LogP contribution in [0.4, 0.5) is 5.69 Å². The first-order chi connectivity index (χ1) is 25.7. The predicted molar refractivity (Wildman–Crippen MR) is 215 cm³/mol. The molecule has 0 radical (unpaired) electrons. The van der Waals surface area contributed by atoms with Crippen molar-refractivity contribution in [2.24, 2.45) is 10.8 Å². The molecule has 0 spiro atoms. The molecule has 5 heteroatoms. The fourth-order valence-electron chi connectivity index (χ4n) is 9.62. The predicted octanol–water partition coefficient (Wildman–Crippen LogP) is 10.7. The lowest BCUT2D eigenvalue weighted by atomic mass is 9.65. The standard InChI is InChI=1S/C48H54N2O3/c1-35-25-38(15-22-46(35)51-24-23-49-34-48(4)29-41(49)28-47(2,3)33-48)30-50-44-21-20-43(53-32-37-13-9-6-10-14-37)26-40(44)27-45(50)39-16-18-42(19-17-39)52-31-36-11-7-5-8-12-36/h5-22,25-26,41,45H,23-24,27-34H2,1-4H3. The van der Waals surface area contributed by atoms with E-state index in [0.717, 1.165) is 43.4 Å². The van der Waals surface area contributed by atoms with Crippen molar-refractivity contribution < 1.29 is 14.2 Å². The highest BCUT2D eigenvalue weighted by Gasteiger charge is 2.49. The summed E-state index contributed by atoms with van der Waals surface area (Å²) in [5, 5.41) is 0. The number of ether oxygens (including phenoxy) is 3. The molecule has 2 fully saturated rings. The molecule has 1 saturated carbocycles. The Morgan fingerprint density at radius 1 is 0.679 bits per heavy atom. The van der Waals surface area contributed by atoms with Gasteiger partial charge in [0, 0.05) is 31.4 Å². The van der Waals surface area contributed by atoms with E-state index in [1.165, 1.54) is 64.9 Å². The van der Waals surface area contributed by atoms with E-state index >= 15 is 0 Å². The van der Waals surface area contributed by atoms with Crippen LogP contribution >= 0.6 is 0 Å². The zero-order valence-corrected chi connectivity index (χ0v) is 31.9. The van der Waals surface area contributed by atoms with Gasteiger partial charge < -0.3 is 19.1 Å². The molecule has 3 atom stereocenters. The average Bonchev–Trinajstić information content (AvgIpc) is 3.63. The van der Waals surface area contributed by atoms with Crippen LogP contribution in [0.2, 0.25) is 0 Å². The summed E-state index contributed by atoms with van der Waals surface area (Å²) >= 11 is 0. The average molecular weight is 707 g/mol. The van der Waals surface area contributed by atoms with Gasteiger partial charge in [0.05, 0.1) is 6.04 Å². The second-order valence-electron chi connectivity index (χ2n) is 16.9. The number of nitrogens with zero attached hydrogens (tertiary/aromatic N) is 2. The minimum Gasteiger partial charge on any atom is -0.492 e. The fourth-order valence-corrected chi connectivity index (χ4v) is 9.62. The van der Waals surface area contributed by atoms with Gasteiger partial charge in [0.15, 0.2) is 0 Å². The Morgan fingerprint density at radius 2 is 1.36 bits per heavy atom. The number of hydrogen-bond acceptors (Lipinski definition) is 5. The van der Waals surface area contributed by atoms with Gasteiger partial charge in [-0.3, -0.25) is 4.90 Å². The summed E-state index contributed by atoms with van der Waals surface area (Å²) in [5.41, 5.74) is 9.54. The topological polar surface area (TPSA) is 34.2 Å². The van der Waals surface area contributed by atoms with Gasteiger partial charge in [-0.25, -0.2) is 0 Å². The summed E-state index contributed by atoms with van der Waals surface area (Å²) in [6.45, 7) is 14.4. The van der Waals surface area contributed by atoms with Crippen LogP contribution in [0.3, 0.4) is 0 Å². The molecule has 1 saturated heterocycles. The molecule has 2 aliphatic heterocycles.